The first-order chi connectivity index (χ1) is 8.24. The van der Waals surface area contributed by atoms with Crippen molar-refractivity contribution in [2.45, 2.75) is 52.5 Å². The molecule has 0 aliphatic rings. The average molecular weight is 252 g/mol. The van der Waals surface area contributed by atoms with Crippen LogP contribution in [0.5, 0.6) is 0 Å². The Morgan fingerprint density at radius 3 is 2.33 bits per heavy atom. The average Bonchev–Trinajstić information content (AvgIpc) is 2.24. The highest BCUT2D eigenvalue weighted by atomic mass is 16.6. The maximum Gasteiger partial charge on any atom is 0.269 e. The minimum Gasteiger partial charge on any atom is -0.326 e. The summed E-state index contributed by atoms with van der Waals surface area (Å²) in [7, 11) is 0. The lowest BCUT2D eigenvalue weighted by atomic mass is 10.1. The van der Waals surface area contributed by atoms with Gasteiger partial charge in [0.05, 0.1) is 4.92 Å². The van der Waals surface area contributed by atoms with E-state index in [0.717, 1.165) is 24.8 Å². The van der Waals surface area contributed by atoms with Crippen LogP contribution in [0.3, 0.4) is 0 Å². The lowest BCUT2D eigenvalue weighted by Gasteiger charge is -2.06. The number of hydrogen-bond acceptors (Lipinski definition) is 3. The third-order valence-electron chi connectivity index (χ3n) is 1.94. The van der Waals surface area contributed by atoms with Crippen LogP contribution in [-0.4, -0.2) is 10.5 Å². The molecule has 0 saturated heterocycles. The van der Waals surface area contributed by atoms with Gasteiger partial charge in [-0.15, -0.1) is 0 Å². The largest absolute Gasteiger partial charge is 0.326 e. The molecular formula is C14H24N2O2. The minimum atomic E-state index is -0.352. The number of nitro benzene ring substituents is 1. The molecule has 18 heavy (non-hydrogen) atoms. The second-order valence-corrected chi connectivity index (χ2v) is 5.40. The molecule has 1 rings (SSSR count). The Balaban J connectivity index is 0.000000494. The van der Waals surface area contributed by atoms with Crippen molar-refractivity contribution >= 4 is 5.69 Å². The Kier molecular flexibility index (Phi) is 7.20. The third-order valence-corrected chi connectivity index (χ3v) is 1.94. The van der Waals surface area contributed by atoms with Gasteiger partial charge < -0.3 is 5.73 Å². The van der Waals surface area contributed by atoms with Gasteiger partial charge >= 0.3 is 0 Å². The predicted octanol–water partition coefficient (Wildman–Crippen LogP) is 3.68. The van der Waals surface area contributed by atoms with Gasteiger partial charge in [-0.2, -0.15) is 0 Å². The van der Waals surface area contributed by atoms with E-state index in [4.69, 9.17) is 5.73 Å². The van der Waals surface area contributed by atoms with E-state index in [1.54, 1.807) is 12.1 Å². The fourth-order valence-corrected chi connectivity index (χ4v) is 1.21. The highest BCUT2D eigenvalue weighted by Crippen LogP contribution is 2.14. The minimum absolute atomic E-state index is 0. The molecule has 0 spiro atoms. The number of rotatable bonds is 4. The summed E-state index contributed by atoms with van der Waals surface area (Å²) in [5.41, 5.74) is 6.59. The van der Waals surface area contributed by atoms with E-state index in [1.165, 1.54) is 6.07 Å². The Bertz CT molecular complexity index is 364. The molecule has 0 bridgehead atoms. The SMILES string of the molecule is CC(C)(C)N.CCCCc1cccc([N+](=O)[O-])c1. The van der Waals surface area contributed by atoms with Gasteiger partial charge in [0.2, 0.25) is 0 Å². The van der Waals surface area contributed by atoms with Gasteiger partial charge in [0.25, 0.3) is 5.69 Å². The molecule has 0 aromatic heterocycles. The molecule has 0 unspecified atom stereocenters. The van der Waals surface area contributed by atoms with E-state index in [1.807, 2.05) is 26.8 Å². The second kappa shape index (κ2) is 7.82. The molecule has 1 aromatic carbocycles. The smallest absolute Gasteiger partial charge is 0.269 e. The first kappa shape index (κ1) is 16.6. The van der Waals surface area contributed by atoms with Crippen molar-refractivity contribution in [3.05, 3.63) is 39.9 Å². The number of nitrogens with zero attached hydrogens (tertiary/aromatic N) is 1. The number of unbranched alkanes of at least 4 members (excludes halogenated alkanes) is 1. The lowest BCUT2D eigenvalue weighted by Crippen LogP contribution is -2.26. The zero-order valence-electron chi connectivity index (χ0n) is 11.8. The standard InChI is InChI=1S/C10H13NO2.C4H11N/c1-2-3-5-9-6-4-7-10(8-9)11(12)13;1-4(2,3)5/h4,6-8H,2-3,5H2,1H3;5H2,1-3H3. The van der Waals surface area contributed by atoms with Crippen molar-refractivity contribution in [2.75, 3.05) is 0 Å². The molecule has 1 aromatic rings. The molecule has 0 amide bonds. The van der Waals surface area contributed by atoms with Crippen molar-refractivity contribution < 1.29 is 4.92 Å². The molecular weight excluding hydrogens is 228 g/mol. The zero-order valence-corrected chi connectivity index (χ0v) is 11.8. The van der Waals surface area contributed by atoms with Crippen molar-refractivity contribution in [3.8, 4) is 0 Å². The maximum atomic E-state index is 10.4. The summed E-state index contributed by atoms with van der Waals surface area (Å²) in [6.07, 6.45) is 3.13. The molecule has 0 atom stereocenters. The quantitative estimate of drug-likeness (QED) is 0.656. The number of nitro groups is 1. The van der Waals surface area contributed by atoms with Gasteiger partial charge in [0.1, 0.15) is 0 Å². The van der Waals surface area contributed by atoms with Gasteiger partial charge in [-0.25, -0.2) is 0 Å². The number of hydrogen-bond donors (Lipinski definition) is 1. The fraction of sp³-hybridized carbons (Fsp3) is 0.571. The van der Waals surface area contributed by atoms with Crippen LogP contribution < -0.4 is 5.73 Å². The van der Waals surface area contributed by atoms with Gasteiger partial charge in [-0.3, -0.25) is 10.1 Å². The van der Waals surface area contributed by atoms with Gasteiger partial charge in [-0.05, 0) is 39.2 Å². The topological polar surface area (TPSA) is 69.2 Å². The fourth-order valence-electron chi connectivity index (χ4n) is 1.21. The summed E-state index contributed by atoms with van der Waals surface area (Å²) >= 11 is 0. The monoisotopic (exact) mass is 252 g/mol. The molecule has 0 fully saturated rings. The van der Waals surface area contributed by atoms with E-state index in [9.17, 15) is 10.1 Å². The molecule has 0 radical (unpaired) electrons. The van der Waals surface area contributed by atoms with Crippen LogP contribution in [0, 0.1) is 10.1 Å². The second-order valence-electron chi connectivity index (χ2n) is 5.40. The Morgan fingerprint density at radius 2 is 1.89 bits per heavy atom. The lowest BCUT2D eigenvalue weighted by molar-refractivity contribution is -0.384. The molecule has 102 valence electrons. The summed E-state index contributed by atoms with van der Waals surface area (Å²) in [6.45, 7) is 8.00. The normalized spacial score (nSPS) is 10.5. The van der Waals surface area contributed by atoms with Crippen LogP contribution >= 0.6 is 0 Å². The Hall–Kier alpha value is -1.42. The first-order valence-electron chi connectivity index (χ1n) is 6.26. The van der Waals surface area contributed by atoms with Crippen LogP contribution in [0.25, 0.3) is 0 Å². The molecule has 0 aliphatic carbocycles. The molecule has 4 nitrogen and oxygen atoms in total. The van der Waals surface area contributed by atoms with Gasteiger partial charge in [0.15, 0.2) is 0 Å². The first-order valence-corrected chi connectivity index (χ1v) is 6.26. The van der Waals surface area contributed by atoms with Crippen LogP contribution in [0.1, 0.15) is 46.1 Å². The molecule has 0 heterocycles. The van der Waals surface area contributed by atoms with E-state index in [0.29, 0.717) is 0 Å². The highest BCUT2D eigenvalue weighted by Gasteiger charge is 2.04. The summed E-state index contributed by atoms with van der Waals surface area (Å²) < 4.78 is 0. The van der Waals surface area contributed by atoms with Crippen LogP contribution in [0.4, 0.5) is 5.69 Å². The van der Waals surface area contributed by atoms with Crippen LogP contribution in [0.2, 0.25) is 0 Å². The number of nitrogens with two attached hydrogens (primary N) is 1. The van der Waals surface area contributed by atoms with Crippen LogP contribution in [-0.2, 0) is 6.42 Å². The highest BCUT2D eigenvalue weighted by molar-refractivity contribution is 5.34. The zero-order chi connectivity index (χ0) is 14.2. The number of benzene rings is 1. The van der Waals surface area contributed by atoms with Crippen molar-refractivity contribution in [3.63, 3.8) is 0 Å². The Morgan fingerprint density at radius 1 is 1.33 bits per heavy atom. The molecule has 4 heteroatoms. The number of non-ortho nitro benzene ring substituents is 1. The van der Waals surface area contributed by atoms with Crippen molar-refractivity contribution in [1.82, 2.24) is 0 Å². The summed E-state index contributed by atoms with van der Waals surface area (Å²) in [4.78, 5) is 10.1. The van der Waals surface area contributed by atoms with Gasteiger partial charge in [-0.1, -0.05) is 25.5 Å². The van der Waals surface area contributed by atoms with E-state index >= 15 is 0 Å². The molecule has 2 N–H and O–H groups in total. The number of aryl methyl sites for hydroxylation is 1. The van der Waals surface area contributed by atoms with E-state index in [2.05, 4.69) is 6.92 Å². The van der Waals surface area contributed by atoms with Crippen LogP contribution in [0.15, 0.2) is 24.3 Å². The maximum absolute atomic E-state index is 10.4. The summed E-state index contributed by atoms with van der Waals surface area (Å²) in [5.74, 6) is 0. The Labute approximate surface area is 109 Å². The third kappa shape index (κ3) is 9.78. The van der Waals surface area contributed by atoms with E-state index < -0.39 is 0 Å². The van der Waals surface area contributed by atoms with Gasteiger partial charge in [0, 0.05) is 17.7 Å². The predicted molar refractivity (Wildman–Crippen MR) is 75.6 cm³/mol. The summed E-state index contributed by atoms with van der Waals surface area (Å²) in [6, 6.07) is 6.84. The summed E-state index contributed by atoms with van der Waals surface area (Å²) in [5, 5.41) is 10.4. The van der Waals surface area contributed by atoms with E-state index in [-0.39, 0.29) is 16.1 Å². The molecule has 0 aliphatic heterocycles. The van der Waals surface area contributed by atoms with Crippen molar-refractivity contribution in [2.24, 2.45) is 5.73 Å². The van der Waals surface area contributed by atoms with Crippen molar-refractivity contribution in [1.29, 1.82) is 0 Å². The molecule has 0 saturated carbocycles.